The van der Waals surface area contributed by atoms with E-state index < -0.39 is 0 Å². The summed E-state index contributed by atoms with van der Waals surface area (Å²) in [5.74, 6) is 2.07. The third-order valence-corrected chi connectivity index (χ3v) is 3.98. The normalized spacial score (nSPS) is 28.9. The molecule has 15 heavy (non-hydrogen) atoms. The predicted octanol–water partition coefficient (Wildman–Crippen LogP) is 2.93. The van der Waals surface area contributed by atoms with Gasteiger partial charge in [0.15, 0.2) is 0 Å². The first-order chi connectivity index (χ1) is 7.10. The number of amides is 1. The van der Waals surface area contributed by atoms with Gasteiger partial charge in [-0.2, -0.15) is 0 Å². The summed E-state index contributed by atoms with van der Waals surface area (Å²) in [5, 5.41) is 0. The summed E-state index contributed by atoms with van der Waals surface area (Å²) < 4.78 is 0. The van der Waals surface area contributed by atoms with Crippen molar-refractivity contribution in [3.05, 3.63) is 0 Å². The molecule has 0 unspecified atom stereocenters. The molecular formula is C13H25NO. The van der Waals surface area contributed by atoms with Gasteiger partial charge in [-0.15, -0.1) is 0 Å². The van der Waals surface area contributed by atoms with Crippen LogP contribution in [0.25, 0.3) is 0 Å². The molecule has 1 fully saturated rings. The van der Waals surface area contributed by atoms with Crippen LogP contribution in [0.4, 0.5) is 0 Å². The van der Waals surface area contributed by atoms with Gasteiger partial charge in [0.2, 0.25) is 5.91 Å². The number of hydrogen-bond acceptors (Lipinski definition) is 1. The number of piperidine rings is 1. The van der Waals surface area contributed by atoms with Crippen molar-refractivity contribution in [2.75, 3.05) is 13.1 Å². The van der Waals surface area contributed by atoms with Crippen molar-refractivity contribution in [3.63, 3.8) is 0 Å². The largest absolute Gasteiger partial charge is 0.342 e. The van der Waals surface area contributed by atoms with Crippen LogP contribution in [0.3, 0.4) is 0 Å². The summed E-state index contributed by atoms with van der Waals surface area (Å²) >= 11 is 0. The van der Waals surface area contributed by atoms with Gasteiger partial charge in [0, 0.05) is 19.0 Å². The maximum absolute atomic E-state index is 12.0. The number of carbonyl (C=O) groups excluding carboxylic acids is 1. The fourth-order valence-corrected chi connectivity index (χ4v) is 2.37. The first-order valence-corrected chi connectivity index (χ1v) is 6.38. The minimum atomic E-state index is 0.205. The van der Waals surface area contributed by atoms with Gasteiger partial charge in [-0.3, -0.25) is 4.79 Å². The Hall–Kier alpha value is -0.530. The molecule has 1 saturated heterocycles. The Morgan fingerprint density at radius 1 is 1.47 bits per heavy atom. The van der Waals surface area contributed by atoms with Crippen LogP contribution >= 0.6 is 0 Å². The molecular weight excluding hydrogens is 186 g/mol. The fraction of sp³-hybridized carbons (Fsp3) is 0.923. The maximum atomic E-state index is 12.0. The average molecular weight is 211 g/mol. The second-order valence-corrected chi connectivity index (χ2v) is 5.03. The van der Waals surface area contributed by atoms with E-state index in [0.717, 1.165) is 25.4 Å². The Bertz CT molecular complexity index is 215. The Kier molecular flexibility index (Phi) is 4.62. The Morgan fingerprint density at radius 2 is 2.13 bits per heavy atom. The van der Waals surface area contributed by atoms with E-state index >= 15 is 0 Å². The Labute approximate surface area is 94.0 Å². The van der Waals surface area contributed by atoms with Crippen molar-refractivity contribution >= 4 is 5.91 Å². The monoisotopic (exact) mass is 211 g/mol. The SMILES string of the molecule is CC[C@@H]1CN(C(=O)[C@@H](C)CC)CC[C@H]1C. The maximum Gasteiger partial charge on any atom is 0.225 e. The van der Waals surface area contributed by atoms with Crippen molar-refractivity contribution < 1.29 is 4.79 Å². The molecule has 0 N–H and O–H groups in total. The molecule has 0 aromatic heterocycles. The molecule has 2 nitrogen and oxygen atoms in total. The molecule has 1 amide bonds. The standard InChI is InChI=1S/C13H25NO/c1-5-10(3)13(15)14-8-7-11(4)12(6-2)9-14/h10-12H,5-9H2,1-4H3/t10-,11+,12+/m0/s1. The quantitative estimate of drug-likeness (QED) is 0.703. The zero-order chi connectivity index (χ0) is 11.4. The predicted molar refractivity (Wildman–Crippen MR) is 63.6 cm³/mol. The van der Waals surface area contributed by atoms with Gasteiger partial charge in [0.05, 0.1) is 0 Å². The van der Waals surface area contributed by atoms with Crippen LogP contribution in [0.1, 0.15) is 47.0 Å². The highest BCUT2D eigenvalue weighted by atomic mass is 16.2. The van der Waals surface area contributed by atoms with Gasteiger partial charge < -0.3 is 4.90 Å². The van der Waals surface area contributed by atoms with Crippen molar-refractivity contribution in [1.82, 2.24) is 4.90 Å². The Balaban J connectivity index is 2.54. The summed E-state index contributed by atoms with van der Waals surface area (Å²) in [7, 11) is 0. The van der Waals surface area contributed by atoms with Gasteiger partial charge in [-0.1, -0.05) is 34.1 Å². The van der Waals surface area contributed by atoms with Crippen LogP contribution < -0.4 is 0 Å². The van der Waals surface area contributed by atoms with E-state index in [1.165, 1.54) is 12.8 Å². The summed E-state index contributed by atoms with van der Waals surface area (Å²) in [5.41, 5.74) is 0. The first kappa shape index (κ1) is 12.5. The molecule has 0 radical (unpaired) electrons. The number of rotatable bonds is 3. The molecule has 0 aromatic carbocycles. The smallest absolute Gasteiger partial charge is 0.225 e. The number of likely N-dealkylation sites (tertiary alicyclic amines) is 1. The zero-order valence-corrected chi connectivity index (χ0v) is 10.6. The second-order valence-electron chi connectivity index (χ2n) is 5.03. The number of nitrogens with zero attached hydrogens (tertiary/aromatic N) is 1. The Morgan fingerprint density at radius 3 is 2.67 bits per heavy atom. The molecule has 1 rings (SSSR count). The van der Waals surface area contributed by atoms with Crippen molar-refractivity contribution in [3.8, 4) is 0 Å². The third kappa shape index (κ3) is 2.96. The summed E-state index contributed by atoms with van der Waals surface area (Å²) in [6.45, 7) is 10.6. The third-order valence-electron chi connectivity index (χ3n) is 3.98. The fourth-order valence-electron chi connectivity index (χ4n) is 2.37. The van der Waals surface area contributed by atoms with Gasteiger partial charge in [0.1, 0.15) is 0 Å². The zero-order valence-electron chi connectivity index (χ0n) is 10.6. The number of carbonyl (C=O) groups is 1. The molecule has 0 aromatic rings. The van der Waals surface area contributed by atoms with E-state index in [-0.39, 0.29) is 5.92 Å². The van der Waals surface area contributed by atoms with Crippen LogP contribution in [-0.2, 0) is 4.79 Å². The van der Waals surface area contributed by atoms with Gasteiger partial charge >= 0.3 is 0 Å². The summed E-state index contributed by atoms with van der Waals surface area (Å²) in [4.78, 5) is 14.1. The van der Waals surface area contributed by atoms with Crippen LogP contribution in [0.5, 0.6) is 0 Å². The van der Waals surface area contributed by atoms with Crippen molar-refractivity contribution in [2.45, 2.75) is 47.0 Å². The molecule has 1 aliphatic rings. The van der Waals surface area contributed by atoms with Gasteiger partial charge in [-0.25, -0.2) is 0 Å². The van der Waals surface area contributed by atoms with E-state index in [9.17, 15) is 4.79 Å². The lowest BCUT2D eigenvalue weighted by atomic mass is 9.85. The van der Waals surface area contributed by atoms with E-state index in [0.29, 0.717) is 11.8 Å². The summed E-state index contributed by atoms with van der Waals surface area (Å²) in [6.07, 6.45) is 3.34. The lowest BCUT2D eigenvalue weighted by molar-refractivity contribution is -0.137. The molecule has 3 atom stereocenters. The van der Waals surface area contributed by atoms with Crippen molar-refractivity contribution in [1.29, 1.82) is 0 Å². The molecule has 1 aliphatic heterocycles. The van der Waals surface area contributed by atoms with Crippen molar-refractivity contribution in [2.24, 2.45) is 17.8 Å². The van der Waals surface area contributed by atoms with E-state index in [1.54, 1.807) is 0 Å². The molecule has 0 aliphatic carbocycles. The molecule has 0 bridgehead atoms. The minimum Gasteiger partial charge on any atom is -0.342 e. The van der Waals surface area contributed by atoms with E-state index in [4.69, 9.17) is 0 Å². The van der Waals surface area contributed by atoms with Crippen LogP contribution in [-0.4, -0.2) is 23.9 Å². The molecule has 1 heterocycles. The molecule has 88 valence electrons. The molecule has 0 spiro atoms. The molecule has 2 heteroatoms. The van der Waals surface area contributed by atoms with Crippen LogP contribution in [0, 0.1) is 17.8 Å². The topological polar surface area (TPSA) is 20.3 Å². The summed E-state index contributed by atoms with van der Waals surface area (Å²) in [6, 6.07) is 0. The van der Waals surface area contributed by atoms with Crippen LogP contribution in [0.2, 0.25) is 0 Å². The number of hydrogen-bond donors (Lipinski definition) is 0. The second kappa shape index (κ2) is 5.53. The first-order valence-electron chi connectivity index (χ1n) is 6.38. The van der Waals surface area contributed by atoms with E-state index in [1.807, 2.05) is 6.92 Å². The molecule has 0 saturated carbocycles. The lowest BCUT2D eigenvalue weighted by Gasteiger charge is -2.37. The minimum absolute atomic E-state index is 0.205. The average Bonchev–Trinajstić information content (AvgIpc) is 2.27. The highest BCUT2D eigenvalue weighted by Gasteiger charge is 2.29. The van der Waals surface area contributed by atoms with E-state index in [2.05, 4.69) is 25.7 Å². The highest BCUT2D eigenvalue weighted by Crippen LogP contribution is 2.26. The van der Waals surface area contributed by atoms with Gasteiger partial charge in [0.25, 0.3) is 0 Å². The highest BCUT2D eigenvalue weighted by molar-refractivity contribution is 5.78. The van der Waals surface area contributed by atoms with Gasteiger partial charge in [-0.05, 0) is 24.7 Å². The van der Waals surface area contributed by atoms with Crippen LogP contribution in [0.15, 0.2) is 0 Å². The lowest BCUT2D eigenvalue weighted by Crippen LogP contribution is -2.44.